The van der Waals surface area contributed by atoms with Crippen molar-refractivity contribution in [2.45, 2.75) is 43.2 Å². The fourth-order valence-corrected chi connectivity index (χ4v) is 4.16. The zero-order valence-corrected chi connectivity index (χ0v) is 16.0. The predicted octanol–water partition coefficient (Wildman–Crippen LogP) is 2.29. The molecule has 1 saturated heterocycles. The van der Waals surface area contributed by atoms with Crippen LogP contribution in [0.1, 0.15) is 36.6 Å². The van der Waals surface area contributed by atoms with Gasteiger partial charge in [-0.1, -0.05) is 17.7 Å². The number of furan rings is 1. The highest BCUT2D eigenvalue weighted by molar-refractivity contribution is 7.89. The van der Waals surface area contributed by atoms with E-state index < -0.39 is 16.1 Å². The SMILES string of the molecule is Cc1ccc(S(=O)(=O)N[C@H](CC(=O)NC[C@H]2CCCO2)c2ccco2)cc1. The number of carbonyl (C=O) groups excluding carboxylic acids is 1. The van der Waals surface area contributed by atoms with Gasteiger partial charge in [0.15, 0.2) is 0 Å². The van der Waals surface area contributed by atoms with Crippen LogP contribution in [0.4, 0.5) is 0 Å². The van der Waals surface area contributed by atoms with E-state index in [1.165, 1.54) is 18.4 Å². The van der Waals surface area contributed by atoms with Gasteiger partial charge in [-0.05, 0) is 44.0 Å². The number of carbonyl (C=O) groups is 1. The summed E-state index contributed by atoms with van der Waals surface area (Å²) in [6.45, 7) is 3.02. The molecule has 1 aliphatic heterocycles. The quantitative estimate of drug-likeness (QED) is 0.718. The van der Waals surface area contributed by atoms with Gasteiger partial charge in [0.05, 0.1) is 29.7 Å². The Labute approximate surface area is 159 Å². The van der Waals surface area contributed by atoms with Gasteiger partial charge in [-0.3, -0.25) is 4.79 Å². The number of nitrogens with one attached hydrogen (secondary N) is 2. The summed E-state index contributed by atoms with van der Waals surface area (Å²) in [7, 11) is -3.79. The number of benzene rings is 1. The van der Waals surface area contributed by atoms with E-state index in [1.807, 2.05) is 6.92 Å². The molecule has 2 N–H and O–H groups in total. The number of ether oxygens (including phenoxy) is 1. The average Bonchev–Trinajstić information content (AvgIpc) is 3.33. The molecule has 1 fully saturated rings. The van der Waals surface area contributed by atoms with Crippen molar-refractivity contribution in [3.05, 3.63) is 54.0 Å². The van der Waals surface area contributed by atoms with Crippen LogP contribution in [0.25, 0.3) is 0 Å². The highest BCUT2D eigenvalue weighted by Gasteiger charge is 2.26. The fourth-order valence-electron chi connectivity index (χ4n) is 2.95. The molecule has 27 heavy (non-hydrogen) atoms. The van der Waals surface area contributed by atoms with Gasteiger partial charge in [0.2, 0.25) is 15.9 Å². The third-order valence-electron chi connectivity index (χ3n) is 4.46. The second kappa shape index (κ2) is 8.69. The number of aryl methyl sites for hydroxylation is 1. The molecule has 1 aromatic carbocycles. The minimum absolute atomic E-state index is 0.0280. The van der Waals surface area contributed by atoms with Crippen molar-refractivity contribution >= 4 is 15.9 Å². The number of sulfonamides is 1. The molecule has 2 aromatic rings. The summed E-state index contributed by atoms with van der Waals surface area (Å²) in [5.74, 6) is 0.122. The molecule has 0 spiro atoms. The average molecular weight is 392 g/mol. The van der Waals surface area contributed by atoms with Gasteiger partial charge < -0.3 is 14.5 Å². The second-order valence-electron chi connectivity index (χ2n) is 6.65. The maximum absolute atomic E-state index is 12.7. The molecule has 0 radical (unpaired) electrons. The smallest absolute Gasteiger partial charge is 0.241 e. The van der Waals surface area contributed by atoms with Crippen molar-refractivity contribution in [3.8, 4) is 0 Å². The lowest BCUT2D eigenvalue weighted by molar-refractivity contribution is -0.122. The summed E-state index contributed by atoms with van der Waals surface area (Å²) >= 11 is 0. The Hall–Kier alpha value is -2.16. The lowest BCUT2D eigenvalue weighted by Crippen LogP contribution is -2.36. The highest BCUT2D eigenvalue weighted by Crippen LogP contribution is 2.21. The van der Waals surface area contributed by atoms with Crippen LogP contribution < -0.4 is 10.0 Å². The fraction of sp³-hybridized carbons (Fsp3) is 0.421. The monoisotopic (exact) mass is 392 g/mol. The molecule has 1 aliphatic rings. The van der Waals surface area contributed by atoms with Gasteiger partial charge >= 0.3 is 0 Å². The third kappa shape index (κ3) is 5.41. The summed E-state index contributed by atoms with van der Waals surface area (Å²) in [4.78, 5) is 12.5. The Morgan fingerprint density at radius 2 is 2.04 bits per heavy atom. The van der Waals surface area contributed by atoms with E-state index >= 15 is 0 Å². The van der Waals surface area contributed by atoms with E-state index in [0.29, 0.717) is 18.9 Å². The molecule has 1 aromatic heterocycles. The molecule has 0 unspecified atom stereocenters. The largest absolute Gasteiger partial charge is 0.468 e. The van der Waals surface area contributed by atoms with Crippen molar-refractivity contribution in [2.24, 2.45) is 0 Å². The predicted molar refractivity (Wildman–Crippen MR) is 99.6 cm³/mol. The molecule has 0 saturated carbocycles. The van der Waals surface area contributed by atoms with E-state index in [0.717, 1.165) is 18.4 Å². The zero-order chi connectivity index (χ0) is 19.3. The first-order chi connectivity index (χ1) is 12.9. The standard InChI is InChI=1S/C19H24N2O5S/c1-14-6-8-16(9-7-14)27(23,24)21-17(18-5-3-11-26-18)12-19(22)20-13-15-4-2-10-25-15/h3,5-9,11,15,17,21H,2,4,10,12-13H2,1H3,(H,20,22)/t15-,17-/m1/s1. The molecule has 2 atom stereocenters. The minimum atomic E-state index is -3.79. The van der Waals surface area contributed by atoms with Crippen LogP contribution in [0.5, 0.6) is 0 Å². The third-order valence-corrected chi connectivity index (χ3v) is 5.94. The molecule has 8 heteroatoms. The van der Waals surface area contributed by atoms with E-state index in [-0.39, 0.29) is 23.3 Å². The van der Waals surface area contributed by atoms with Crippen molar-refractivity contribution in [1.82, 2.24) is 10.0 Å². The molecule has 0 bridgehead atoms. The summed E-state index contributed by atoms with van der Waals surface area (Å²) in [5, 5.41) is 2.81. The topological polar surface area (TPSA) is 97.6 Å². The second-order valence-corrected chi connectivity index (χ2v) is 8.36. The van der Waals surface area contributed by atoms with Gasteiger partial charge in [-0.2, -0.15) is 4.72 Å². The van der Waals surface area contributed by atoms with Gasteiger partial charge in [-0.25, -0.2) is 8.42 Å². The van der Waals surface area contributed by atoms with E-state index in [9.17, 15) is 13.2 Å². The van der Waals surface area contributed by atoms with Crippen LogP contribution in [0.2, 0.25) is 0 Å². The normalized spacial score (nSPS) is 18.3. The number of rotatable bonds is 8. The molecular formula is C19H24N2O5S. The Kier molecular flexibility index (Phi) is 6.30. The Balaban J connectivity index is 1.68. The van der Waals surface area contributed by atoms with Crippen molar-refractivity contribution in [3.63, 3.8) is 0 Å². The van der Waals surface area contributed by atoms with Gasteiger partial charge in [0, 0.05) is 13.2 Å². The molecule has 0 aliphatic carbocycles. The molecular weight excluding hydrogens is 368 g/mol. The molecule has 1 amide bonds. The van der Waals surface area contributed by atoms with Crippen LogP contribution in [-0.2, 0) is 19.6 Å². The van der Waals surface area contributed by atoms with Crippen LogP contribution in [0, 0.1) is 6.92 Å². The first-order valence-corrected chi connectivity index (χ1v) is 10.4. The maximum atomic E-state index is 12.7. The van der Waals surface area contributed by atoms with Crippen molar-refractivity contribution < 1.29 is 22.4 Å². The lowest BCUT2D eigenvalue weighted by Gasteiger charge is -2.18. The van der Waals surface area contributed by atoms with E-state index in [2.05, 4.69) is 10.0 Å². The maximum Gasteiger partial charge on any atom is 0.241 e. The lowest BCUT2D eigenvalue weighted by atomic mass is 10.1. The Morgan fingerprint density at radius 3 is 2.67 bits per heavy atom. The van der Waals surface area contributed by atoms with E-state index in [1.54, 1.807) is 24.3 Å². The number of amides is 1. The molecule has 146 valence electrons. The van der Waals surface area contributed by atoms with Crippen LogP contribution in [0.3, 0.4) is 0 Å². The van der Waals surface area contributed by atoms with E-state index in [4.69, 9.17) is 9.15 Å². The van der Waals surface area contributed by atoms with Crippen LogP contribution in [0.15, 0.2) is 52.0 Å². The van der Waals surface area contributed by atoms with Crippen molar-refractivity contribution in [2.75, 3.05) is 13.2 Å². The Bertz CT molecular complexity index is 841. The van der Waals surface area contributed by atoms with Gasteiger partial charge in [0.1, 0.15) is 5.76 Å². The first-order valence-electron chi connectivity index (χ1n) is 8.95. The first kappa shape index (κ1) is 19.6. The number of hydrogen-bond acceptors (Lipinski definition) is 5. The Morgan fingerprint density at radius 1 is 1.26 bits per heavy atom. The number of hydrogen-bond donors (Lipinski definition) is 2. The van der Waals surface area contributed by atoms with Crippen LogP contribution >= 0.6 is 0 Å². The summed E-state index contributed by atoms with van der Waals surface area (Å²) in [6, 6.07) is 9.04. The van der Waals surface area contributed by atoms with Gasteiger partial charge in [-0.15, -0.1) is 0 Å². The minimum Gasteiger partial charge on any atom is -0.468 e. The summed E-state index contributed by atoms with van der Waals surface area (Å²) in [5.41, 5.74) is 0.963. The van der Waals surface area contributed by atoms with Crippen molar-refractivity contribution in [1.29, 1.82) is 0 Å². The highest BCUT2D eigenvalue weighted by atomic mass is 32.2. The van der Waals surface area contributed by atoms with Crippen LogP contribution in [-0.4, -0.2) is 33.6 Å². The molecule has 7 nitrogen and oxygen atoms in total. The molecule has 3 rings (SSSR count). The summed E-state index contributed by atoms with van der Waals surface area (Å²) < 4.78 is 38.8. The zero-order valence-electron chi connectivity index (χ0n) is 15.2. The summed E-state index contributed by atoms with van der Waals surface area (Å²) in [6.07, 6.45) is 3.33. The molecule has 2 heterocycles. The van der Waals surface area contributed by atoms with Gasteiger partial charge in [0.25, 0.3) is 0 Å².